The molecule has 1 aromatic rings. The summed E-state index contributed by atoms with van der Waals surface area (Å²) in [5, 5.41) is 9.21. The molecule has 5 rings (SSSR count). The lowest BCUT2D eigenvalue weighted by atomic mass is 9.75. The van der Waals surface area contributed by atoms with Crippen molar-refractivity contribution in [2.75, 3.05) is 33.4 Å². The summed E-state index contributed by atoms with van der Waals surface area (Å²) >= 11 is 0. The van der Waals surface area contributed by atoms with Crippen LogP contribution in [0, 0.1) is 5.92 Å². The average Bonchev–Trinajstić information content (AvgIpc) is 3.05. The van der Waals surface area contributed by atoms with E-state index in [0.29, 0.717) is 18.0 Å². The Morgan fingerprint density at radius 2 is 2.00 bits per heavy atom. The fourth-order valence-corrected chi connectivity index (χ4v) is 5.19. The van der Waals surface area contributed by atoms with E-state index in [-0.39, 0.29) is 24.9 Å². The lowest BCUT2D eigenvalue weighted by Gasteiger charge is -2.51. The molecule has 0 aromatic heterocycles. The standard InChI is InChI=1S/C19H26N2O3/c1-24-16-5-3-2-4-14(16)15-12-21(17(23)8-11-22)18-13-6-9-20(10-7-13)19(15)18/h2-5,13,15,18-19,22H,6-12H2,1H3/t15-,18-,19-/m1/s1. The predicted molar refractivity (Wildman–Crippen MR) is 91.0 cm³/mol. The summed E-state index contributed by atoms with van der Waals surface area (Å²) in [5.41, 5.74) is 1.21. The molecule has 2 bridgehead atoms. The van der Waals surface area contributed by atoms with E-state index >= 15 is 0 Å². The van der Waals surface area contributed by atoms with Gasteiger partial charge in [-0.2, -0.15) is 0 Å². The number of fused-ring (bicyclic) bond motifs is 2. The number of hydrogen-bond acceptors (Lipinski definition) is 4. The van der Waals surface area contributed by atoms with Crippen LogP contribution in [0.25, 0.3) is 0 Å². The molecule has 4 fully saturated rings. The first kappa shape index (κ1) is 15.9. The number of carbonyl (C=O) groups is 1. The van der Waals surface area contributed by atoms with Crippen molar-refractivity contribution in [1.82, 2.24) is 9.80 Å². The largest absolute Gasteiger partial charge is 0.496 e. The van der Waals surface area contributed by atoms with Crippen LogP contribution in [0.2, 0.25) is 0 Å². The van der Waals surface area contributed by atoms with Crippen molar-refractivity contribution in [3.63, 3.8) is 0 Å². The highest BCUT2D eigenvalue weighted by atomic mass is 16.5. The summed E-state index contributed by atoms with van der Waals surface area (Å²) in [4.78, 5) is 17.3. The minimum atomic E-state index is -0.0690. The van der Waals surface area contributed by atoms with Crippen LogP contribution in [0.15, 0.2) is 24.3 Å². The van der Waals surface area contributed by atoms with Crippen molar-refractivity contribution >= 4 is 5.91 Å². The molecular weight excluding hydrogens is 304 g/mol. The number of rotatable bonds is 4. The maximum atomic E-state index is 12.6. The fourth-order valence-electron chi connectivity index (χ4n) is 5.19. The Labute approximate surface area is 143 Å². The van der Waals surface area contributed by atoms with Gasteiger partial charge in [0.1, 0.15) is 5.75 Å². The van der Waals surface area contributed by atoms with Gasteiger partial charge in [-0.25, -0.2) is 0 Å². The van der Waals surface area contributed by atoms with Crippen LogP contribution in [0.5, 0.6) is 5.75 Å². The van der Waals surface area contributed by atoms with E-state index in [0.717, 1.165) is 25.4 Å². The van der Waals surface area contributed by atoms with Crippen LogP contribution in [-0.4, -0.2) is 66.2 Å². The van der Waals surface area contributed by atoms with E-state index in [4.69, 9.17) is 4.74 Å². The van der Waals surface area contributed by atoms with Crippen molar-refractivity contribution in [3.8, 4) is 5.75 Å². The number of ether oxygens (including phenoxy) is 1. The summed E-state index contributed by atoms with van der Waals surface area (Å²) in [5.74, 6) is 1.90. The average molecular weight is 330 g/mol. The molecule has 1 aromatic carbocycles. The number of nitrogens with zero attached hydrogens (tertiary/aromatic N) is 2. The smallest absolute Gasteiger partial charge is 0.225 e. The summed E-state index contributed by atoms with van der Waals surface area (Å²) in [6, 6.07) is 8.89. The number of likely N-dealkylation sites (tertiary alicyclic amines) is 1. The first-order valence-corrected chi connectivity index (χ1v) is 9.02. The van der Waals surface area contributed by atoms with Gasteiger partial charge in [0, 0.05) is 30.5 Å². The molecule has 5 heteroatoms. The number of amides is 1. The third kappa shape index (κ3) is 2.42. The zero-order valence-corrected chi connectivity index (χ0v) is 14.2. The van der Waals surface area contributed by atoms with Gasteiger partial charge in [0.25, 0.3) is 0 Å². The van der Waals surface area contributed by atoms with E-state index in [9.17, 15) is 9.90 Å². The second kappa shape index (κ2) is 6.37. The summed E-state index contributed by atoms with van der Waals surface area (Å²) in [6.07, 6.45) is 2.60. The highest BCUT2D eigenvalue weighted by molar-refractivity contribution is 5.77. The van der Waals surface area contributed by atoms with Crippen molar-refractivity contribution < 1.29 is 14.6 Å². The second-order valence-electron chi connectivity index (χ2n) is 7.22. The normalized spacial score (nSPS) is 34.2. The number of methoxy groups -OCH3 is 1. The lowest BCUT2D eigenvalue weighted by molar-refractivity contribution is -0.136. The van der Waals surface area contributed by atoms with Gasteiger partial charge < -0.3 is 14.7 Å². The monoisotopic (exact) mass is 330 g/mol. The highest BCUT2D eigenvalue weighted by Gasteiger charge is 2.54. The third-order valence-electron chi connectivity index (χ3n) is 6.18. The summed E-state index contributed by atoms with van der Waals surface area (Å²) < 4.78 is 5.60. The van der Waals surface area contributed by atoms with Crippen LogP contribution >= 0.6 is 0 Å². The van der Waals surface area contributed by atoms with Crippen molar-refractivity contribution in [2.24, 2.45) is 5.92 Å². The maximum absolute atomic E-state index is 12.6. The molecule has 4 aliphatic heterocycles. The Morgan fingerprint density at radius 3 is 2.71 bits per heavy atom. The first-order chi connectivity index (χ1) is 11.7. The molecule has 4 heterocycles. The molecular formula is C19H26N2O3. The quantitative estimate of drug-likeness (QED) is 0.908. The summed E-state index contributed by atoms with van der Waals surface area (Å²) in [6.45, 7) is 2.95. The molecule has 0 radical (unpaired) electrons. The van der Waals surface area contributed by atoms with Gasteiger partial charge in [-0.05, 0) is 37.9 Å². The van der Waals surface area contributed by atoms with Crippen LogP contribution < -0.4 is 4.74 Å². The number of carbonyl (C=O) groups excluding carboxylic acids is 1. The molecule has 0 saturated carbocycles. The molecule has 0 aliphatic carbocycles. The molecule has 5 nitrogen and oxygen atoms in total. The van der Waals surface area contributed by atoms with Gasteiger partial charge in [-0.1, -0.05) is 18.2 Å². The van der Waals surface area contributed by atoms with Crippen LogP contribution in [0.4, 0.5) is 0 Å². The molecule has 24 heavy (non-hydrogen) atoms. The van der Waals surface area contributed by atoms with Crippen LogP contribution in [0.1, 0.15) is 30.7 Å². The van der Waals surface area contributed by atoms with Crippen molar-refractivity contribution in [2.45, 2.75) is 37.3 Å². The zero-order valence-electron chi connectivity index (χ0n) is 14.2. The summed E-state index contributed by atoms with van der Waals surface area (Å²) in [7, 11) is 1.72. The first-order valence-electron chi connectivity index (χ1n) is 9.02. The van der Waals surface area contributed by atoms with E-state index < -0.39 is 0 Å². The number of para-hydroxylation sites is 1. The Bertz CT molecular complexity index is 612. The molecule has 4 aliphatic rings. The molecule has 4 saturated heterocycles. The number of benzene rings is 1. The second-order valence-corrected chi connectivity index (χ2v) is 7.22. The van der Waals surface area contributed by atoms with Crippen molar-refractivity contribution in [3.05, 3.63) is 29.8 Å². The minimum Gasteiger partial charge on any atom is -0.496 e. The Kier molecular flexibility index (Phi) is 4.22. The molecule has 3 atom stereocenters. The number of hydrogen-bond donors (Lipinski definition) is 1. The Morgan fingerprint density at radius 1 is 1.25 bits per heavy atom. The molecule has 1 amide bonds. The van der Waals surface area contributed by atoms with Gasteiger partial charge in [-0.15, -0.1) is 0 Å². The van der Waals surface area contributed by atoms with Gasteiger partial charge in [0.15, 0.2) is 0 Å². The van der Waals surface area contributed by atoms with E-state index in [1.807, 2.05) is 12.1 Å². The minimum absolute atomic E-state index is 0.0690. The van der Waals surface area contributed by atoms with Crippen LogP contribution in [0.3, 0.4) is 0 Å². The molecule has 1 N–H and O–H groups in total. The SMILES string of the molecule is COc1ccccc1[C@H]1CN(C(=O)CCO)[C@@H]2C3CCN(CC3)[C@H]12. The number of aliphatic hydroxyl groups excluding tert-OH is 1. The predicted octanol–water partition coefficient (Wildman–Crippen LogP) is 1.47. The topological polar surface area (TPSA) is 53.0 Å². The highest BCUT2D eigenvalue weighted by Crippen LogP contribution is 2.48. The molecule has 0 unspecified atom stereocenters. The number of aliphatic hydroxyl groups is 1. The fraction of sp³-hybridized carbons (Fsp3) is 0.632. The maximum Gasteiger partial charge on any atom is 0.225 e. The number of piperidine rings is 3. The van der Waals surface area contributed by atoms with Gasteiger partial charge >= 0.3 is 0 Å². The van der Waals surface area contributed by atoms with E-state index in [1.165, 1.54) is 18.4 Å². The van der Waals surface area contributed by atoms with Gasteiger partial charge in [0.05, 0.1) is 19.8 Å². The molecule has 0 spiro atoms. The Hall–Kier alpha value is -1.59. The van der Waals surface area contributed by atoms with E-state index in [2.05, 4.69) is 21.9 Å². The van der Waals surface area contributed by atoms with Crippen molar-refractivity contribution in [1.29, 1.82) is 0 Å². The zero-order chi connectivity index (χ0) is 16.7. The molecule has 130 valence electrons. The Balaban J connectivity index is 1.71. The van der Waals surface area contributed by atoms with Gasteiger partial charge in [0.2, 0.25) is 5.91 Å². The van der Waals surface area contributed by atoms with E-state index in [1.54, 1.807) is 7.11 Å². The van der Waals surface area contributed by atoms with Gasteiger partial charge in [-0.3, -0.25) is 9.69 Å². The van der Waals surface area contributed by atoms with Crippen LogP contribution in [-0.2, 0) is 4.79 Å². The third-order valence-corrected chi connectivity index (χ3v) is 6.18. The lowest BCUT2D eigenvalue weighted by Crippen LogP contribution is -2.60.